The number of aryl methyl sites for hydroxylation is 1. The highest BCUT2D eigenvalue weighted by atomic mass is 79.9. The van der Waals surface area contributed by atoms with Crippen molar-refractivity contribution in [3.8, 4) is 5.75 Å². The number of anilines is 2. The molecule has 0 bridgehead atoms. The fourth-order valence-electron chi connectivity index (χ4n) is 1.59. The minimum Gasteiger partial charge on any atom is -0.492 e. The molecule has 0 aliphatic heterocycles. The Balaban J connectivity index is 1.88. The molecule has 2 aromatic rings. The largest absolute Gasteiger partial charge is 0.492 e. The molecule has 1 aromatic heterocycles. The molecule has 2 rings (SSSR count). The second-order valence-electron chi connectivity index (χ2n) is 4.15. The molecule has 0 fully saturated rings. The number of nitrogens with two attached hydrogens (primary N) is 1. The quantitative estimate of drug-likeness (QED) is 0.639. The van der Waals surface area contributed by atoms with Crippen LogP contribution in [-0.2, 0) is 7.05 Å². The van der Waals surface area contributed by atoms with Crippen molar-refractivity contribution in [2.45, 2.75) is 0 Å². The van der Waals surface area contributed by atoms with E-state index in [1.54, 1.807) is 25.4 Å². The summed E-state index contributed by atoms with van der Waals surface area (Å²) >= 11 is 3.24. The summed E-state index contributed by atoms with van der Waals surface area (Å²) in [4.78, 5) is 11.6. The van der Waals surface area contributed by atoms with Crippen LogP contribution in [0.25, 0.3) is 0 Å². The zero-order chi connectivity index (χ0) is 14.5. The van der Waals surface area contributed by atoms with Gasteiger partial charge in [-0.3, -0.25) is 4.79 Å². The maximum Gasteiger partial charge on any atom is 0.282 e. The number of nitrogens with one attached hydrogen (secondary N) is 1. The SMILES string of the molecule is Cn1ncc(NCCOc2cccc(N)c2)c(Br)c1=O. The molecule has 0 amide bonds. The number of aromatic nitrogens is 2. The molecular weight excluding hydrogens is 324 g/mol. The topological polar surface area (TPSA) is 82.2 Å². The van der Waals surface area contributed by atoms with Gasteiger partial charge < -0.3 is 15.8 Å². The van der Waals surface area contributed by atoms with E-state index in [9.17, 15) is 4.79 Å². The first-order chi connectivity index (χ1) is 9.58. The van der Waals surface area contributed by atoms with Gasteiger partial charge in [0.25, 0.3) is 5.56 Å². The second kappa shape index (κ2) is 6.42. The zero-order valence-electron chi connectivity index (χ0n) is 11.0. The van der Waals surface area contributed by atoms with Crippen molar-refractivity contribution in [3.05, 3.63) is 45.3 Å². The highest BCUT2D eigenvalue weighted by Gasteiger charge is 2.05. The third-order valence-corrected chi connectivity index (χ3v) is 3.39. The number of halogens is 1. The van der Waals surface area contributed by atoms with Crippen molar-refractivity contribution in [3.63, 3.8) is 0 Å². The lowest BCUT2D eigenvalue weighted by Crippen LogP contribution is -2.22. The van der Waals surface area contributed by atoms with Crippen LogP contribution in [0.15, 0.2) is 39.7 Å². The predicted octanol–water partition coefficient (Wildman–Crippen LogP) is 1.62. The summed E-state index contributed by atoms with van der Waals surface area (Å²) in [6.45, 7) is 0.993. The van der Waals surface area contributed by atoms with Gasteiger partial charge in [0.05, 0.1) is 11.9 Å². The lowest BCUT2D eigenvalue weighted by atomic mass is 10.3. The van der Waals surface area contributed by atoms with Gasteiger partial charge in [-0.15, -0.1) is 0 Å². The van der Waals surface area contributed by atoms with Gasteiger partial charge in [0, 0.05) is 25.3 Å². The Morgan fingerprint density at radius 3 is 3.05 bits per heavy atom. The zero-order valence-corrected chi connectivity index (χ0v) is 12.6. The average molecular weight is 339 g/mol. The molecule has 3 N–H and O–H groups in total. The van der Waals surface area contributed by atoms with E-state index in [1.807, 2.05) is 12.1 Å². The number of rotatable bonds is 5. The minimum atomic E-state index is -0.188. The highest BCUT2D eigenvalue weighted by Crippen LogP contribution is 2.16. The summed E-state index contributed by atoms with van der Waals surface area (Å²) < 4.78 is 7.26. The predicted molar refractivity (Wildman–Crippen MR) is 82.0 cm³/mol. The van der Waals surface area contributed by atoms with Gasteiger partial charge in [0.2, 0.25) is 0 Å². The minimum absolute atomic E-state index is 0.188. The molecule has 0 saturated carbocycles. The summed E-state index contributed by atoms with van der Waals surface area (Å²) in [5.41, 5.74) is 6.77. The van der Waals surface area contributed by atoms with Crippen LogP contribution in [0.4, 0.5) is 11.4 Å². The fraction of sp³-hybridized carbons (Fsp3) is 0.231. The lowest BCUT2D eigenvalue weighted by Gasteiger charge is -2.10. The molecule has 7 heteroatoms. The van der Waals surface area contributed by atoms with Gasteiger partial charge in [0.15, 0.2) is 0 Å². The van der Waals surface area contributed by atoms with Crippen molar-refractivity contribution in [2.75, 3.05) is 24.2 Å². The summed E-state index contributed by atoms with van der Waals surface area (Å²) in [6.07, 6.45) is 1.59. The maximum absolute atomic E-state index is 11.6. The van der Waals surface area contributed by atoms with Crippen molar-refractivity contribution < 1.29 is 4.74 Å². The lowest BCUT2D eigenvalue weighted by molar-refractivity contribution is 0.333. The number of benzene rings is 1. The summed E-state index contributed by atoms with van der Waals surface area (Å²) in [5.74, 6) is 0.716. The Morgan fingerprint density at radius 2 is 2.30 bits per heavy atom. The van der Waals surface area contributed by atoms with E-state index < -0.39 is 0 Å². The first kappa shape index (κ1) is 14.4. The smallest absolute Gasteiger partial charge is 0.282 e. The van der Waals surface area contributed by atoms with E-state index in [2.05, 4.69) is 26.3 Å². The normalized spacial score (nSPS) is 10.3. The van der Waals surface area contributed by atoms with Crippen molar-refractivity contribution in [2.24, 2.45) is 7.05 Å². The van der Waals surface area contributed by atoms with E-state index in [1.165, 1.54) is 4.68 Å². The van der Waals surface area contributed by atoms with Crippen LogP contribution in [0.1, 0.15) is 0 Å². The Labute approximate surface area is 124 Å². The maximum atomic E-state index is 11.6. The monoisotopic (exact) mass is 338 g/mol. The van der Waals surface area contributed by atoms with Gasteiger partial charge in [0.1, 0.15) is 16.8 Å². The molecule has 0 spiro atoms. The number of hydrogen-bond donors (Lipinski definition) is 2. The van der Waals surface area contributed by atoms with E-state index in [0.29, 0.717) is 34.7 Å². The molecule has 1 aromatic carbocycles. The van der Waals surface area contributed by atoms with E-state index in [4.69, 9.17) is 10.5 Å². The highest BCUT2D eigenvalue weighted by molar-refractivity contribution is 9.10. The third kappa shape index (κ3) is 3.51. The Bertz CT molecular complexity index is 657. The fourth-order valence-corrected chi connectivity index (χ4v) is 2.09. The molecule has 1 heterocycles. The van der Waals surface area contributed by atoms with Gasteiger partial charge in [-0.25, -0.2) is 4.68 Å². The Kier molecular flexibility index (Phi) is 4.62. The van der Waals surface area contributed by atoms with Gasteiger partial charge in [-0.05, 0) is 28.1 Å². The first-order valence-corrected chi connectivity index (χ1v) is 6.81. The Morgan fingerprint density at radius 1 is 1.50 bits per heavy atom. The molecule has 0 aliphatic carbocycles. The van der Waals surface area contributed by atoms with Crippen LogP contribution in [-0.4, -0.2) is 22.9 Å². The van der Waals surface area contributed by atoms with Crippen LogP contribution in [0.2, 0.25) is 0 Å². The van der Waals surface area contributed by atoms with Crippen LogP contribution in [0, 0.1) is 0 Å². The number of nitrogens with zero attached hydrogens (tertiary/aromatic N) is 2. The number of hydrogen-bond acceptors (Lipinski definition) is 5. The Hall–Kier alpha value is -2.02. The molecule has 0 unspecified atom stereocenters. The second-order valence-corrected chi connectivity index (χ2v) is 4.94. The van der Waals surface area contributed by atoms with E-state index in [0.717, 1.165) is 0 Å². The van der Waals surface area contributed by atoms with Gasteiger partial charge >= 0.3 is 0 Å². The van der Waals surface area contributed by atoms with Gasteiger partial charge in [-0.2, -0.15) is 5.10 Å². The average Bonchev–Trinajstić information content (AvgIpc) is 2.43. The van der Waals surface area contributed by atoms with E-state index >= 15 is 0 Å². The molecule has 6 nitrogen and oxygen atoms in total. The number of ether oxygens (including phenoxy) is 1. The summed E-state index contributed by atoms with van der Waals surface area (Å²) in [7, 11) is 1.60. The van der Waals surface area contributed by atoms with Gasteiger partial charge in [-0.1, -0.05) is 6.07 Å². The summed E-state index contributed by atoms with van der Waals surface area (Å²) in [6, 6.07) is 7.23. The van der Waals surface area contributed by atoms with Crippen LogP contribution in [0.5, 0.6) is 5.75 Å². The summed E-state index contributed by atoms with van der Waals surface area (Å²) in [5, 5.41) is 7.03. The molecule has 0 radical (unpaired) electrons. The molecule has 20 heavy (non-hydrogen) atoms. The number of nitrogen functional groups attached to an aromatic ring is 1. The standard InChI is InChI=1S/C13H15BrN4O2/c1-18-13(19)12(14)11(8-17-18)16-5-6-20-10-4-2-3-9(15)7-10/h2-4,7-8,16H,5-6,15H2,1H3. The van der Waals surface area contributed by atoms with Crippen LogP contribution < -0.4 is 21.3 Å². The first-order valence-electron chi connectivity index (χ1n) is 6.02. The van der Waals surface area contributed by atoms with Crippen molar-refractivity contribution in [1.82, 2.24) is 9.78 Å². The van der Waals surface area contributed by atoms with Crippen LogP contribution in [0.3, 0.4) is 0 Å². The van der Waals surface area contributed by atoms with Crippen LogP contribution >= 0.6 is 15.9 Å². The molecular formula is C13H15BrN4O2. The molecule has 0 aliphatic rings. The van der Waals surface area contributed by atoms with Crippen molar-refractivity contribution >= 4 is 27.3 Å². The molecule has 0 saturated heterocycles. The molecule has 106 valence electrons. The molecule has 0 atom stereocenters. The third-order valence-electron chi connectivity index (χ3n) is 2.62. The van der Waals surface area contributed by atoms with Crippen molar-refractivity contribution in [1.29, 1.82) is 0 Å². The van der Waals surface area contributed by atoms with E-state index in [-0.39, 0.29) is 5.56 Å².